The molecular formula is C13H9NO3S. The van der Waals surface area contributed by atoms with E-state index in [0.717, 1.165) is 0 Å². The normalized spacial score (nSPS) is 9.72. The van der Waals surface area contributed by atoms with E-state index < -0.39 is 5.97 Å². The molecule has 0 aliphatic rings. The number of thiophene rings is 1. The predicted octanol–water partition coefficient (Wildman–Crippen LogP) is 2.90. The van der Waals surface area contributed by atoms with Crippen LogP contribution in [0.1, 0.15) is 20.8 Å². The Morgan fingerprint density at radius 2 is 2.28 bits per heavy atom. The molecule has 1 heterocycles. The second-order valence-electron chi connectivity index (χ2n) is 3.51. The first-order valence-electron chi connectivity index (χ1n) is 5.13. The highest BCUT2D eigenvalue weighted by atomic mass is 32.1. The number of rotatable bonds is 4. The average molecular weight is 259 g/mol. The van der Waals surface area contributed by atoms with Crippen molar-refractivity contribution in [3.63, 3.8) is 0 Å². The molecule has 0 aliphatic heterocycles. The van der Waals surface area contributed by atoms with Crippen molar-refractivity contribution in [2.24, 2.45) is 0 Å². The first kappa shape index (κ1) is 12.1. The molecule has 1 N–H and O–H groups in total. The average Bonchev–Trinajstić information content (AvgIpc) is 2.85. The van der Waals surface area contributed by atoms with Crippen LogP contribution in [0.3, 0.4) is 0 Å². The van der Waals surface area contributed by atoms with Gasteiger partial charge < -0.3 is 9.84 Å². The molecule has 0 amide bonds. The van der Waals surface area contributed by atoms with E-state index >= 15 is 0 Å². The predicted molar refractivity (Wildman–Crippen MR) is 66.8 cm³/mol. The maximum atomic E-state index is 10.9. The molecule has 2 rings (SSSR count). The van der Waals surface area contributed by atoms with Gasteiger partial charge in [0, 0.05) is 5.56 Å². The van der Waals surface area contributed by atoms with Gasteiger partial charge in [-0.05, 0) is 29.6 Å². The molecule has 0 fully saturated rings. The lowest BCUT2D eigenvalue weighted by molar-refractivity contribution is 0.0699. The largest absolute Gasteiger partial charge is 0.489 e. The second kappa shape index (κ2) is 5.34. The van der Waals surface area contributed by atoms with Crippen molar-refractivity contribution in [3.8, 4) is 11.8 Å². The van der Waals surface area contributed by atoms with Gasteiger partial charge in [-0.1, -0.05) is 6.07 Å². The number of carbonyl (C=O) groups is 1. The highest BCUT2D eigenvalue weighted by Gasteiger charge is 2.11. The van der Waals surface area contributed by atoms with Gasteiger partial charge in [0.25, 0.3) is 0 Å². The standard InChI is InChI=1S/C13H9NO3S/c14-7-9-2-1-3-11(6-9)17-8-10-4-5-18-12(10)13(15)16/h1-6H,8H2,(H,15,16). The Bertz CT molecular complexity index is 613. The minimum absolute atomic E-state index is 0.181. The first-order chi connectivity index (χ1) is 8.70. The molecule has 0 saturated heterocycles. The zero-order chi connectivity index (χ0) is 13.0. The summed E-state index contributed by atoms with van der Waals surface area (Å²) in [6.45, 7) is 0.181. The van der Waals surface area contributed by atoms with Crippen LogP contribution in [0, 0.1) is 11.3 Å². The van der Waals surface area contributed by atoms with E-state index in [1.54, 1.807) is 35.7 Å². The summed E-state index contributed by atoms with van der Waals surface area (Å²) in [7, 11) is 0. The molecule has 0 aliphatic carbocycles. The van der Waals surface area contributed by atoms with Crippen LogP contribution in [0.25, 0.3) is 0 Å². The number of carboxylic acid groups (broad SMARTS) is 1. The lowest BCUT2D eigenvalue weighted by Crippen LogP contribution is -2.01. The van der Waals surface area contributed by atoms with E-state index in [4.69, 9.17) is 15.1 Å². The minimum atomic E-state index is -0.950. The summed E-state index contributed by atoms with van der Waals surface area (Å²) in [5.74, 6) is -0.397. The zero-order valence-electron chi connectivity index (χ0n) is 9.29. The van der Waals surface area contributed by atoms with Gasteiger partial charge in [-0.15, -0.1) is 11.3 Å². The van der Waals surface area contributed by atoms with Gasteiger partial charge in [-0.25, -0.2) is 4.79 Å². The number of hydrogen-bond acceptors (Lipinski definition) is 4. The lowest BCUT2D eigenvalue weighted by atomic mass is 10.2. The zero-order valence-corrected chi connectivity index (χ0v) is 10.1. The maximum Gasteiger partial charge on any atom is 0.346 e. The molecule has 0 radical (unpaired) electrons. The molecule has 1 aromatic carbocycles. The molecule has 2 aromatic rings. The van der Waals surface area contributed by atoms with E-state index in [-0.39, 0.29) is 11.5 Å². The van der Waals surface area contributed by atoms with Gasteiger partial charge in [0.15, 0.2) is 0 Å². The third-order valence-corrected chi connectivity index (χ3v) is 3.24. The lowest BCUT2D eigenvalue weighted by Gasteiger charge is -2.05. The van der Waals surface area contributed by atoms with Crippen LogP contribution in [-0.4, -0.2) is 11.1 Å². The Morgan fingerprint density at radius 3 is 3.00 bits per heavy atom. The van der Waals surface area contributed by atoms with Crippen LogP contribution in [0.5, 0.6) is 5.75 Å². The Morgan fingerprint density at radius 1 is 1.44 bits per heavy atom. The summed E-state index contributed by atoms with van der Waals surface area (Å²) < 4.78 is 5.48. The number of nitrogens with zero attached hydrogens (tertiary/aromatic N) is 1. The number of ether oxygens (including phenoxy) is 1. The van der Waals surface area contributed by atoms with Crippen LogP contribution in [0.15, 0.2) is 35.7 Å². The Labute approximate surface area is 108 Å². The van der Waals surface area contributed by atoms with Crippen molar-refractivity contribution in [2.75, 3.05) is 0 Å². The topological polar surface area (TPSA) is 70.3 Å². The second-order valence-corrected chi connectivity index (χ2v) is 4.42. The van der Waals surface area contributed by atoms with Crippen molar-refractivity contribution >= 4 is 17.3 Å². The summed E-state index contributed by atoms with van der Waals surface area (Å²) in [6, 6.07) is 10.5. The molecule has 0 unspecified atom stereocenters. The molecule has 4 nitrogen and oxygen atoms in total. The fourth-order valence-corrected chi connectivity index (χ4v) is 2.20. The summed E-state index contributed by atoms with van der Waals surface area (Å²) in [5.41, 5.74) is 1.14. The fraction of sp³-hybridized carbons (Fsp3) is 0.0769. The van der Waals surface area contributed by atoms with E-state index in [1.165, 1.54) is 11.3 Å². The summed E-state index contributed by atoms with van der Waals surface area (Å²) >= 11 is 1.17. The van der Waals surface area contributed by atoms with Gasteiger partial charge in [-0.3, -0.25) is 0 Å². The highest BCUT2D eigenvalue weighted by molar-refractivity contribution is 7.12. The van der Waals surface area contributed by atoms with E-state index in [1.807, 2.05) is 6.07 Å². The molecule has 18 heavy (non-hydrogen) atoms. The molecule has 0 saturated carbocycles. The molecule has 0 spiro atoms. The maximum absolute atomic E-state index is 10.9. The van der Waals surface area contributed by atoms with Crippen LogP contribution in [-0.2, 0) is 6.61 Å². The molecule has 5 heteroatoms. The molecular weight excluding hydrogens is 250 g/mol. The summed E-state index contributed by atoms with van der Waals surface area (Å²) in [5, 5.41) is 19.4. The minimum Gasteiger partial charge on any atom is -0.489 e. The van der Waals surface area contributed by atoms with Gasteiger partial charge in [0.05, 0.1) is 11.6 Å². The van der Waals surface area contributed by atoms with Crippen molar-refractivity contribution in [1.29, 1.82) is 5.26 Å². The van der Waals surface area contributed by atoms with Crippen LogP contribution < -0.4 is 4.74 Å². The highest BCUT2D eigenvalue weighted by Crippen LogP contribution is 2.20. The van der Waals surface area contributed by atoms with Crippen LogP contribution in [0.4, 0.5) is 0 Å². The van der Waals surface area contributed by atoms with E-state index in [0.29, 0.717) is 16.9 Å². The summed E-state index contributed by atoms with van der Waals surface area (Å²) in [6.07, 6.45) is 0. The molecule has 1 aromatic heterocycles. The quantitative estimate of drug-likeness (QED) is 0.916. The Kier molecular flexibility index (Phi) is 3.60. The van der Waals surface area contributed by atoms with Crippen molar-refractivity contribution < 1.29 is 14.6 Å². The third kappa shape index (κ3) is 2.67. The number of carboxylic acids is 1. The number of hydrogen-bond donors (Lipinski definition) is 1. The van der Waals surface area contributed by atoms with E-state index in [2.05, 4.69) is 0 Å². The molecule has 0 bridgehead atoms. The number of benzene rings is 1. The SMILES string of the molecule is N#Cc1cccc(OCc2ccsc2C(=O)O)c1. The number of nitriles is 1. The molecule has 90 valence electrons. The van der Waals surface area contributed by atoms with Crippen molar-refractivity contribution in [2.45, 2.75) is 6.61 Å². The van der Waals surface area contributed by atoms with Crippen molar-refractivity contribution in [3.05, 3.63) is 51.7 Å². The molecule has 0 atom stereocenters. The number of aromatic carboxylic acids is 1. The van der Waals surface area contributed by atoms with Gasteiger partial charge >= 0.3 is 5.97 Å². The van der Waals surface area contributed by atoms with Crippen LogP contribution in [0.2, 0.25) is 0 Å². The fourth-order valence-electron chi connectivity index (χ4n) is 1.45. The monoisotopic (exact) mass is 259 g/mol. The smallest absolute Gasteiger partial charge is 0.346 e. The van der Waals surface area contributed by atoms with Gasteiger partial charge in [-0.2, -0.15) is 5.26 Å². The van der Waals surface area contributed by atoms with Crippen molar-refractivity contribution in [1.82, 2.24) is 0 Å². The Balaban J connectivity index is 2.09. The first-order valence-corrected chi connectivity index (χ1v) is 6.01. The summed E-state index contributed by atoms with van der Waals surface area (Å²) in [4.78, 5) is 11.2. The van der Waals surface area contributed by atoms with E-state index in [9.17, 15) is 4.79 Å². The third-order valence-electron chi connectivity index (χ3n) is 2.30. The van der Waals surface area contributed by atoms with Gasteiger partial charge in [0.2, 0.25) is 0 Å². The van der Waals surface area contributed by atoms with Crippen LogP contribution >= 0.6 is 11.3 Å². The Hall–Kier alpha value is -2.32. The van der Waals surface area contributed by atoms with Gasteiger partial charge in [0.1, 0.15) is 17.2 Å².